The molecule has 2 aromatic heterocycles. The average Bonchev–Trinajstić information content (AvgIpc) is 2.60. The van der Waals surface area contributed by atoms with Gasteiger partial charge < -0.3 is 11.1 Å². The van der Waals surface area contributed by atoms with Gasteiger partial charge in [0.2, 0.25) is 5.91 Å². The van der Waals surface area contributed by atoms with Gasteiger partial charge in [0.15, 0.2) is 0 Å². The zero-order chi connectivity index (χ0) is 18.3. The molecule has 132 valence electrons. The summed E-state index contributed by atoms with van der Waals surface area (Å²) in [5, 5.41) is 4.65. The van der Waals surface area contributed by atoms with Crippen LogP contribution in [0.4, 0.5) is 11.6 Å². The predicted octanol–water partition coefficient (Wildman–Crippen LogP) is 4.17. The molecule has 0 aliphatic heterocycles. The summed E-state index contributed by atoms with van der Waals surface area (Å²) in [6.07, 6.45) is 3.75. The van der Waals surface area contributed by atoms with Crippen molar-refractivity contribution in [3.05, 3.63) is 48.2 Å². The van der Waals surface area contributed by atoms with Crippen LogP contribution in [0.5, 0.6) is 0 Å². The van der Waals surface area contributed by atoms with Gasteiger partial charge in [-0.1, -0.05) is 31.2 Å². The fourth-order valence-corrected chi connectivity index (χ4v) is 3.52. The van der Waals surface area contributed by atoms with Gasteiger partial charge in [0.25, 0.3) is 0 Å². The average molecular weight is 346 g/mol. The number of nitrogen functional groups attached to an aromatic ring is 1. The maximum atomic E-state index is 12.4. The number of carbonyl (C=O) groups excluding carboxylic acids is 1. The Morgan fingerprint density at radius 1 is 1.23 bits per heavy atom. The smallest absolute Gasteiger partial charge is 0.228 e. The Labute approximate surface area is 152 Å². The monoisotopic (exact) mass is 346 g/mol. The van der Waals surface area contributed by atoms with Gasteiger partial charge in [0.05, 0.1) is 5.69 Å². The number of hydrogen-bond acceptors (Lipinski definition) is 4. The summed E-state index contributed by atoms with van der Waals surface area (Å²) in [6.45, 7) is 4.16. The molecule has 0 unspecified atom stereocenters. The number of pyridine rings is 2. The lowest BCUT2D eigenvalue weighted by Gasteiger charge is -2.32. The number of anilines is 2. The van der Waals surface area contributed by atoms with Crippen LogP contribution in [0, 0.1) is 18.8 Å². The van der Waals surface area contributed by atoms with E-state index in [1.165, 1.54) is 0 Å². The molecule has 0 bridgehead atoms. The molecule has 0 spiro atoms. The molecule has 1 amide bonds. The topological polar surface area (TPSA) is 80.9 Å². The number of amides is 1. The van der Waals surface area contributed by atoms with Gasteiger partial charge in [-0.15, -0.1) is 0 Å². The summed E-state index contributed by atoms with van der Waals surface area (Å²) in [5.41, 5.74) is 9.16. The zero-order valence-corrected chi connectivity index (χ0v) is 15.0. The normalized spacial score (nSPS) is 19.2. The number of aromatic nitrogens is 2. The van der Waals surface area contributed by atoms with Crippen molar-refractivity contribution in [2.24, 2.45) is 11.8 Å². The highest BCUT2D eigenvalue weighted by Gasteiger charge is 2.33. The quantitative estimate of drug-likeness (QED) is 0.746. The van der Waals surface area contributed by atoms with Crippen molar-refractivity contribution in [3.63, 3.8) is 0 Å². The number of nitrogens with two attached hydrogens (primary N) is 1. The molecule has 1 aliphatic rings. The van der Waals surface area contributed by atoms with Crippen LogP contribution >= 0.6 is 0 Å². The highest BCUT2D eigenvalue weighted by atomic mass is 16.2. The van der Waals surface area contributed by atoms with Gasteiger partial charge in [0.1, 0.15) is 11.6 Å². The summed E-state index contributed by atoms with van der Waals surface area (Å²) < 4.78 is 0. The molecule has 5 nitrogen and oxygen atoms in total. The number of hydrogen-bond donors (Lipinski definition) is 2. The number of fused-ring (bicyclic) bond motifs is 1. The first-order chi connectivity index (χ1) is 12.5. The minimum atomic E-state index is 0.0526. The zero-order valence-electron chi connectivity index (χ0n) is 15.0. The second-order valence-electron chi connectivity index (χ2n) is 7.15. The Morgan fingerprint density at radius 2 is 2.04 bits per heavy atom. The molecule has 3 aromatic rings. The lowest BCUT2D eigenvalue weighted by Crippen LogP contribution is -2.35. The highest BCUT2D eigenvalue weighted by Crippen LogP contribution is 2.34. The first-order valence-electron chi connectivity index (χ1n) is 8.96. The van der Waals surface area contributed by atoms with E-state index >= 15 is 0 Å². The minimum Gasteiger partial charge on any atom is -0.383 e. The number of rotatable bonds is 3. The Morgan fingerprint density at radius 3 is 2.73 bits per heavy atom. The summed E-state index contributed by atoms with van der Waals surface area (Å²) in [5.74, 6) is 1.60. The van der Waals surface area contributed by atoms with E-state index in [0.29, 0.717) is 17.6 Å². The third-order valence-corrected chi connectivity index (χ3v) is 5.37. The number of nitrogens with one attached hydrogen (secondary N) is 1. The van der Waals surface area contributed by atoms with Crippen LogP contribution in [0.15, 0.2) is 42.6 Å². The van der Waals surface area contributed by atoms with E-state index in [2.05, 4.69) is 35.2 Å². The molecule has 3 N–H and O–H groups in total. The van der Waals surface area contributed by atoms with Crippen LogP contribution < -0.4 is 11.1 Å². The molecule has 4 rings (SSSR count). The predicted molar refractivity (Wildman–Crippen MR) is 105 cm³/mol. The minimum absolute atomic E-state index is 0.0526. The van der Waals surface area contributed by atoms with Crippen molar-refractivity contribution >= 4 is 28.3 Å². The third-order valence-electron chi connectivity index (χ3n) is 5.37. The molecule has 0 radical (unpaired) electrons. The van der Waals surface area contributed by atoms with Crippen molar-refractivity contribution in [2.45, 2.75) is 26.7 Å². The summed E-state index contributed by atoms with van der Waals surface area (Å²) in [4.78, 5) is 21.2. The molecule has 0 saturated heterocycles. The molecule has 1 saturated carbocycles. The second-order valence-corrected chi connectivity index (χ2v) is 7.15. The standard InChI is InChI=1S/C21H22N4O/c1-12-5-3-4-6-15(12)18-9-14-10-19(23-11-17(14)20(22)24-18)25-21(26)16-8-7-13(16)2/h3-6,9-11,13,16H,7-8H2,1-2H3,(H2,22,24)(H,23,25,26)/t13-,16+/m0/s1. The molecule has 1 aliphatic carbocycles. The molecule has 26 heavy (non-hydrogen) atoms. The molecule has 2 heterocycles. The molecular formula is C21H22N4O. The number of carbonyl (C=O) groups is 1. The van der Waals surface area contributed by atoms with Gasteiger partial charge in [-0.05, 0) is 48.8 Å². The lowest BCUT2D eigenvalue weighted by atomic mass is 9.74. The first kappa shape index (κ1) is 16.5. The SMILES string of the molecule is Cc1ccccc1-c1cc2cc(NC(=O)[C@@H]3CC[C@@H]3C)ncc2c(N)n1. The van der Waals surface area contributed by atoms with Crippen molar-refractivity contribution in [1.29, 1.82) is 0 Å². The Balaban J connectivity index is 1.70. The Hall–Kier alpha value is -2.95. The van der Waals surface area contributed by atoms with E-state index in [-0.39, 0.29) is 11.8 Å². The van der Waals surface area contributed by atoms with Crippen LogP contribution in [-0.4, -0.2) is 15.9 Å². The fourth-order valence-electron chi connectivity index (χ4n) is 3.52. The molecule has 1 aromatic carbocycles. The maximum absolute atomic E-state index is 12.4. The van der Waals surface area contributed by atoms with Gasteiger partial charge in [-0.3, -0.25) is 4.79 Å². The summed E-state index contributed by atoms with van der Waals surface area (Å²) >= 11 is 0. The fraction of sp³-hybridized carbons (Fsp3) is 0.286. The van der Waals surface area contributed by atoms with Crippen molar-refractivity contribution in [3.8, 4) is 11.3 Å². The van der Waals surface area contributed by atoms with Crippen molar-refractivity contribution in [1.82, 2.24) is 9.97 Å². The second kappa shape index (κ2) is 6.41. The number of nitrogens with zero attached hydrogens (tertiary/aromatic N) is 2. The maximum Gasteiger partial charge on any atom is 0.228 e. The van der Waals surface area contributed by atoms with Gasteiger partial charge >= 0.3 is 0 Å². The van der Waals surface area contributed by atoms with Crippen LogP contribution in [0.3, 0.4) is 0 Å². The largest absolute Gasteiger partial charge is 0.383 e. The van der Waals surface area contributed by atoms with Crippen molar-refractivity contribution in [2.75, 3.05) is 11.1 Å². The van der Waals surface area contributed by atoms with E-state index in [9.17, 15) is 4.79 Å². The van der Waals surface area contributed by atoms with E-state index in [1.807, 2.05) is 30.3 Å². The van der Waals surface area contributed by atoms with E-state index in [1.54, 1.807) is 6.20 Å². The van der Waals surface area contributed by atoms with Gasteiger partial charge in [0, 0.05) is 23.1 Å². The third kappa shape index (κ3) is 2.90. The van der Waals surface area contributed by atoms with Crippen LogP contribution in [0.1, 0.15) is 25.3 Å². The van der Waals surface area contributed by atoms with Crippen LogP contribution in [0.25, 0.3) is 22.0 Å². The first-order valence-corrected chi connectivity index (χ1v) is 8.96. The van der Waals surface area contributed by atoms with E-state index < -0.39 is 0 Å². The van der Waals surface area contributed by atoms with E-state index in [4.69, 9.17) is 5.73 Å². The summed E-state index contributed by atoms with van der Waals surface area (Å²) in [6, 6.07) is 11.9. The Bertz CT molecular complexity index is 998. The van der Waals surface area contributed by atoms with Crippen LogP contribution in [0.2, 0.25) is 0 Å². The molecule has 2 atom stereocenters. The van der Waals surface area contributed by atoms with Gasteiger partial charge in [-0.2, -0.15) is 0 Å². The van der Waals surface area contributed by atoms with E-state index in [0.717, 1.165) is 40.4 Å². The lowest BCUT2D eigenvalue weighted by molar-refractivity contribution is -0.124. The van der Waals surface area contributed by atoms with Gasteiger partial charge in [-0.25, -0.2) is 9.97 Å². The number of benzene rings is 1. The molecule has 5 heteroatoms. The van der Waals surface area contributed by atoms with Crippen molar-refractivity contribution < 1.29 is 4.79 Å². The van der Waals surface area contributed by atoms with Crippen LogP contribution in [-0.2, 0) is 4.79 Å². The highest BCUT2D eigenvalue weighted by molar-refractivity contribution is 5.98. The molecule has 1 fully saturated rings. The molecular weight excluding hydrogens is 324 g/mol. The number of aryl methyl sites for hydroxylation is 1. The Kier molecular flexibility index (Phi) is 4.07. The summed E-state index contributed by atoms with van der Waals surface area (Å²) in [7, 11) is 0.